The predicted molar refractivity (Wildman–Crippen MR) is 102 cm³/mol. The summed E-state index contributed by atoms with van der Waals surface area (Å²) in [6.07, 6.45) is 2.20. The third-order valence-corrected chi connectivity index (χ3v) is 3.52. The molecular weight excluding hydrogens is 380 g/mol. The van der Waals surface area contributed by atoms with Gasteiger partial charge in [0.25, 0.3) is 6.43 Å². The fourth-order valence-corrected chi connectivity index (χ4v) is 2.22. The van der Waals surface area contributed by atoms with E-state index in [0.717, 1.165) is 5.01 Å². The Morgan fingerprint density at radius 1 is 1.41 bits per heavy atom. The molecule has 0 heterocycles. The average Bonchev–Trinajstić information content (AvgIpc) is 2.62. The molecule has 0 fully saturated rings. The van der Waals surface area contributed by atoms with Gasteiger partial charge in [0.05, 0.1) is 5.69 Å². The summed E-state index contributed by atoms with van der Waals surface area (Å²) in [5.41, 5.74) is -0.245. The van der Waals surface area contributed by atoms with Gasteiger partial charge in [-0.25, -0.2) is 35.3 Å². The number of carbonyl (C=O) groups is 1. The van der Waals surface area contributed by atoms with Crippen LogP contribution in [0.25, 0.3) is 0 Å². The summed E-state index contributed by atoms with van der Waals surface area (Å²) in [4.78, 5) is 16.0. The molecule has 1 aromatic carbocycles. The number of nitrogens with zero attached hydrogens (tertiary/aromatic N) is 3. The number of aliphatic imine (C=N–C) groups is 1. The standard InChI is InChI=1S/C17H22ClF2N5O2/c1-4-5-9-15(18)23-11(2)27-10-13-12(16(19)20)7-6-8-14(13)25(22)17(26)24(3)21/h4-9,16H,10,21-22H2,1-3H3/b5-4-,15-9-,23-11+. The number of nitrogens with two attached hydrogens (primary N) is 2. The number of rotatable bonds is 6. The van der Waals surface area contributed by atoms with Crippen LogP contribution in [0.3, 0.4) is 0 Å². The first-order valence-corrected chi connectivity index (χ1v) is 8.20. The highest BCUT2D eigenvalue weighted by Gasteiger charge is 2.23. The smallest absolute Gasteiger partial charge is 0.352 e. The minimum absolute atomic E-state index is 0.0355. The Balaban J connectivity index is 3.17. The van der Waals surface area contributed by atoms with Gasteiger partial charge in [-0.05, 0) is 19.1 Å². The first-order chi connectivity index (χ1) is 12.7. The van der Waals surface area contributed by atoms with E-state index in [9.17, 15) is 13.6 Å². The van der Waals surface area contributed by atoms with Crippen molar-refractivity contribution in [1.82, 2.24) is 5.01 Å². The van der Waals surface area contributed by atoms with Crippen molar-refractivity contribution in [3.05, 3.63) is 52.7 Å². The molecule has 0 saturated heterocycles. The molecule has 1 aromatic rings. The number of allylic oxidation sites excluding steroid dienone is 3. The number of alkyl halides is 2. The first-order valence-electron chi connectivity index (χ1n) is 7.82. The topological polar surface area (TPSA) is 97.2 Å². The number of urea groups is 1. The lowest BCUT2D eigenvalue weighted by atomic mass is 10.1. The number of benzene rings is 1. The van der Waals surface area contributed by atoms with Crippen molar-refractivity contribution >= 4 is 29.2 Å². The number of hydrazine groups is 2. The lowest BCUT2D eigenvalue weighted by Gasteiger charge is -2.24. The van der Waals surface area contributed by atoms with Gasteiger partial charge in [0, 0.05) is 25.1 Å². The summed E-state index contributed by atoms with van der Waals surface area (Å²) in [5, 5.41) is 1.57. The van der Waals surface area contributed by atoms with Crippen LogP contribution in [0.5, 0.6) is 0 Å². The molecule has 2 amide bonds. The van der Waals surface area contributed by atoms with Gasteiger partial charge in [-0.1, -0.05) is 35.9 Å². The number of amides is 2. The molecule has 7 nitrogen and oxygen atoms in total. The van der Waals surface area contributed by atoms with Crippen LogP contribution >= 0.6 is 11.6 Å². The maximum Gasteiger partial charge on any atom is 0.352 e. The van der Waals surface area contributed by atoms with E-state index in [0.29, 0.717) is 5.01 Å². The number of ether oxygens (including phenoxy) is 1. The molecule has 0 aromatic heterocycles. The molecule has 0 atom stereocenters. The minimum Gasteiger partial charge on any atom is -0.476 e. The third-order valence-electron chi connectivity index (χ3n) is 3.31. The zero-order valence-electron chi connectivity index (χ0n) is 15.2. The zero-order valence-corrected chi connectivity index (χ0v) is 16.0. The van der Waals surface area contributed by atoms with Crippen LogP contribution in [0.4, 0.5) is 19.3 Å². The Bertz CT molecular complexity index is 751. The molecule has 4 N–H and O–H groups in total. The van der Waals surface area contributed by atoms with Crippen LogP contribution in [0.2, 0.25) is 0 Å². The summed E-state index contributed by atoms with van der Waals surface area (Å²) >= 11 is 5.91. The summed E-state index contributed by atoms with van der Waals surface area (Å²) in [6, 6.07) is 3.22. The molecule has 0 aliphatic rings. The molecule has 0 radical (unpaired) electrons. The fourth-order valence-electron chi connectivity index (χ4n) is 2.02. The number of halogens is 3. The van der Waals surface area contributed by atoms with E-state index in [-0.39, 0.29) is 34.5 Å². The molecule has 0 bridgehead atoms. The Labute approximate surface area is 161 Å². The van der Waals surface area contributed by atoms with Crippen molar-refractivity contribution in [2.45, 2.75) is 26.9 Å². The molecule has 27 heavy (non-hydrogen) atoms. The largest absolute Gasteiger partial charge is 0.476 e. The quantitative estimate of drug-likeness (QED) is 0.144. The molecule has 0 aliphatic heterocycles. The lowest BCUT2D eigenvalue weighted by molar-refractivity contribution is 0.147. The first kappa shape index (κ1) is 22.6. The molecule has 0 unspecified atom stereocenters. The van der Waals surface area contributed by atoms with Crippen molar-refractivity contribution in [3.63, 3.8) is 0 Å². The number of carbonyl (C=O) groups excluding carboxylic acids is 1. The molecule has 10 heteroatoms. The summed E-state index contributed by atoms with van der Waals surface area (Å²) in [7, 11) is 1.28. The second-order valence-electron chi connectivity index (χ2n) is 5.34. The van der Waals surface area contributed by atoms with Gasteiger partial charge >= 0.3 is 6.03 Å². The highest BCUT2D eigenvalue weighted by atomic mass is 35.5. The summed E-state index contributed by atoms with van der Waals surface area (Å²) < 4.78 is 32.2. The predicted octanol–water partition coefficient (Wildman–Crippen LogP) is 3.82. The van der Waals surface area contributed by atoms with E-state index in [1.54, 1.807) is 18.2 Å². The van der Waals surface area contributed by atoms with E-state index in [4.69, 9.17) is 28.0 Å². The van der Waals surface area contributed by atoms with Crippen LogP contribution in [-0.4, -0.2) is 24.0 Å². The minimum atomic E-state index is -2.79. The van der Waals surface area contributed by atoms with Crippen molar-refractivity contribution in [2.75, 3.05) is 12.1 Å². The van der Waals surface area contributed by atoms with Crippen LogP contribution < -0.4 is 16.7 Å². The van der Waals surface area contributed by atoms with Crippen molar-refractivity contribution < 1.29 is 18.3 Å². The van der Waals surface area contributed by atoms with E-state index in [2.05, 4.69) is 4.99 Å². The van der Waals surface area contributed by atoms with Crippen molar-refractivity contribution in [2.24, 2.45) is 16.7 Å². The highest BCUT2D eigenvalue weighted by Crippen LogP contribution is 2.31. The number of hydrogen-bond acceptors (Lipinski definition) is 5. The van der Waals surface area contributed by atoms with Crippen molar-refractivity contribution in [3.8, 4) is 0 Å². The SMILES string of the molecule is C\C=C/C=C(Cl)\N=C(/C)OCc1c(C(F)F)cccc1N(N)C(=O)N(C)N. The van der Waals surface area contributed by atoms with Gasteiger partial charge in [0.1, 0.15) is 11.8 Å². The van der Waals surface area contributed by atoms with Gasteiger partial charge in [-0.15, -0.1) is 0 Å². The monoisotopic (exact) mass is 401 g/mol. The average molecular weight is 402 g/mol. The molecule has 0 spiro atoms. The van der Waals surface area contributed by atoms with Crippen molar-refractivity contribution in [1.29, 1.82) is 0 Å². The Morgan fingerprint density at radius 2 is 2.07 bits per heavy atom. The molecule has 148 valence electrons. The van der Waals surface area contributed by atoms with Crippen LogP contribution in [0.15, 0.2) is 46.6 Å². The Hall–Kier alpha value is -2.49. The van der Waals surface area contributed by atoms with E-state index < -0.39 is 12.5 Å². The highest BCUT2D eigenvalue weighted by molar-refractivity contribution is 6.30. The van der Waals surface area contributed by atoms with Crippen LogP contribution in [-0.2, 0) is 11.3 Å². The maximum atomic E-state index is 13.4. The van der Waals surface area contributed by atoms with Gasteiger partial charge in [0.2, 0.25) is 0 Å². The van der Waals surface area contributed by atoms with Gasteiger partial charge < -0.3 is 4.74 Å². The zero-order chi connectivity index (χ0) is 20.6. The Morgan fingerprint density at radius 3 is 2.63 bits per heavy atom. The summed E-state index contributed by atoms with van der Waals surface area (Å²) in [5.74, 6) is 11.3. The lowest BCUT2D eigenvalue weighted by Crippen LogP contribution is -2.49. The normalized spacial score (nSPS) is 12.6. The molecule has 0 saturated carbocycles. The second-order valence-corrected chi connectivity index (χ2v) is 5.73. The van der Waals surface area contributed by atoms with Gasteiger partial charge in [0.15, 0.2) is 5.90 Å². The molecular formula is C17H22ClF2N5O2. The maximum absolute atomic E-state index is 13.4. The summed E-state index contributed by atoms with van der Waals surface area (Å²) in [6.45, 7) is 3.04. The van der Waals surface area contributed by atoms with Gasteiger partial charge in [-0.3, -0.25) is 5.01 Å². The van der Waals surface area contributed by atoms with Crippen LogP contribution in [0, 0.1) is 0 Å². The Kier molecular flexibility index (Phi) is 8.86. The number of anilines is 1. The number of hydrogen-bond donors (Lipinski definition) is 2. The van der Waals surface area contributed by atoms with Gasteiger partial charge in [-0.2, -0.15) is 0 Å². The van der Waals surface area contributed by atoms with Crippen LogP contribution in [0.1, 0.15) is 31.4 Å². The van der Waals surface area contributed by atoms with E-state index in [1.165, 1.54) is 32.2 Å². The second kappa shape index (κ2) is 10.6. The fraction of sp³-hybridized carbons (Fsp3) is 0.294. The third kappa shape index (κ3) is 6.63. The van der Waals surface area contributed by atoms with E-state index >= 15 is 0 Å². The van der Waals surface area contributed by atoms with E-state index in [1.807, 2.05) is 6.92 Å². The molecule has 0 aliphatic carbocycles. The molecule has 1 rings (SSSR count).